The molecule has 1 heterocycles. The number of ether oxygens (including phenoxy) is 1. The number of hydrazone groups is 1. The van der Waals surface area contributed by atoms with Crippen LogP contribution in [0.1, 0.15) is 5.56 Å². The largest absolute Gasteiger partial charge is 0.497 e. The summed E-state index contributed by atoms with van der Waals surface area (Å²) < 4.78 is 8.18. The first-order chi connectivity index (χ1) is 16.1. The Morgan fingerprint density at radius 1 is 1.06 bits per heavy atom. The highest BCUT2D eigenvalue weighted by Gasteiger charge is 2.17. The molecule has 0 unspecified atom stereocenters. The van der Waals surface area contributed by atoms with E-state index >= 15 is 0 Å². The van der Waals surface area contributed by atoms with Crippen molar-refractivity contribution in [3.63, 3.8) is 0 Å². The quantitative estimate of drug-likeness (QED) is 0.201. The van der Waals surface area contributed by atoms with Crippen molar-refractivity contribution in [2.75, 3.05) is 12.9 Å². The second-order valence-corrected chi connectivity index (χ2v) is 8.70. The molecule has 7 nitrogen and oxygen atoms in total. The van der Waals surface area contributed by atoms with Gasteiger partial charge in [-0.05, 0) is 42.0 Å². The van der Waals surface area contributed by atoms with Crippen LogP contribution in [0.3, 0.4) is 0 Å². The summed E-state index contributed by atoms with van der Waals surface area (Å²) >= 11 is 4.68. The molecule has 3 aromatic carbocycles. The van der Waals surface area contributed by atoms with Gasteiger partial charge in [-0.1, -0.05) is 70.2 Å². The van der Waals surface area contributed by atoms with Crippen molar-refractivity contribution in [3.8, 4) is 22.8 Å². The number of amides is 1. The van der Waals surface area contributed by atoms with E-state index in [4.69, 9.17) is 4.74 Å². The fraction of sp³-hybridized carbons (Fsp3) is 0.0833. The number of rotatable bonds is 8. The fourth-order valence-corrected chi connectivity index (χ4v) is 4.00. The summed E-state index contributed by atoms with van der Waals surface area (Å²) in [5, 5.41) is 13.4. The summed E-state index contributed by atoms with van der Waals surface area (Å²) in [5.74, 6) is 1.35. The molecule has 4 rings (SSSR count). The number of benzene rings is 3. The standard InChI is InChI=1S/C24H20BrN5O2S/c1-32-21-13-11-20(12-14-21)30-23(18-5-3-2-4-6-18)28-29-24(30)33-16-22(31)27-26-15-17-7-9-19(25)10-8-17/h2-15H,16H2,1H3,(H,27,31)/b26-15+. The molecule has 1 amide bonds. The highest BCUT2D eigenvalue weighted by atomic mass is 79.9. The minimum Gasteiger partial charge on any atom is -0.497 e. The first kappa shape index (κ1) is 22.8. The van der Waals surface area contributed by atoms with E-state index in [0.29, 0.717) is 11.0 Å². The molecular formula is C24H20BrN5O2S. The zero-order valence-corrected chi connectivity index (χ0v) is 20.1. The monoisotopic (exact) mass is 521 g/mol. The number of hydrogen-bond acceptors (Lipinski definition) is 6. The lowest BCUT2D eigenvalue weighted by Gasteiger charge is -2.11. The predicted octanol–water partition coefficient (Wildman–Crippen LogP) is 4.95. The Balaban J connectivity index is 1.50. The first-order valence-electron chi connectivity index (χ1n) is 9.99. The van der Waals surface area contributed by atoms with Gasteiger partial charge in [0, 0.05) is 15.7 Å². The normalized spacial score (nSPS) is 11.0. The lowest BCUT2D eigenvalue weighted by molar-refractivity contribution is -0.118. The van der Waals surface area contributed by atoms with Crippen LogP contribution in [0.5, 0.6) is 5.75 Å². The van der Waals surface area contributed by atoms with E-state index in [1.54, 1.807) is 13.3 Å². The van der Waals surface area contributed by atoms with E-state index in [-0.39, 0.29) is 11.7 Å². The maximum atomic E-state index is 12.3. The maximum absolute atomic E-state index is 12.3. The number of thioether (sulfide) groups is 1. The zero-order valence-electron chi connectivity index (χ0n) is 17.7. The lowest BCUT2D eigenvalue weighted by Crippen LogP contribution is -2.20. The van der Waals surface area contributed by atoms with Crippen LogP contribution in [0.15, 0.2) is 93.6 Å². The Kier molecular flexibility index (Phi) is 7.54. The number of halogens is 1. The number of nitrogens with one attached hydrogen (secondary N) is 1. The molecule has 4 aromatic rings. The molecule has 0 spiro atoms. The van der Waals surface area contributed by atoms with Crippen LogP contribution in [0.2, 0.25) is 0 Å². The summed E-state index contributed by atoms with van der Waals surface area (Å²) in [4.78, 5) is 12.3. The highest BCUT2D eigenvalue weighted by Crippen LogP contribution is 2.28. The molecule has 166 valence electrons. The number of carbonyl (C=O) groups excluding carboxylic acids is 1. The smallest absolute Gasteiger partial charge is 0.250 e. The zero-order chi connectivity index (χ0) is 23.0. The molecule has 0 bridgehead atoms. The van der Waals surface area contributed by atoms with Crippen LogP contribution < -0.4 is 10.2 Å². The van der Waals surface area contributed by atoms with Gasteiger partial charge in [0.05, 0.1) is 19.1 Å². The van der Waals surface area contributed by atoms with Gasteiger partial charge >= 0.3 is 0 Å². The molecule has 1 N–H and O–H groups in total. The molecule has 0 aliphatic carbocycles. The third-order valence-electron chi connectivity index (χ3n) is 4.60. The van der Waals surface area contributed by atoms with Gasteiger partial charge in [-0.3, -0.25) is 9.36 Å². The maximum Gasteiger partial charge on any atom is 0.250 e. The van der Waals surface area contributed by atoms with E-state index in [9.17, 15) is 4.79 Å². The number of aromatic nitrogens is 3. The van der Waals surface area contributed by atoms with Crippen LogP contribution in [-0.2, 0) is 4.79 Å². The van der Waals surface area contributed by atoms with Crippen LogP contribution >= 0.6 is 27.7 Å². The van der Waals surface area contributed by atoms with E-state index in [2.05, 4.69) is 36.7 Å². The Bertz CT molecular complexity index is 1240. The van der Waals surface area contributed by atoms with Crippen LogP contribution in [0.4, 0.5) is 0 Å². The Labute approximate surface area is 204 Å². The summed E-state index contributed by atoms with van der Waals surface area (Å²) in [7, 11) is 1.63. The van der Waals surface area contributed by atoms with Gasteiger partial charge in [-0.15, -0.1) is 10.2 Å². The molecule has 0 aliphatic rings. The number of carbonyl (C=O) groups is 1. The minimum atomic E-state index is -0.237. The van der Waals surface area contributed by atoms with Crippen molar-refractivity contribution in [1.82, 2.24) is 20.2 Å². The Morgan fingerprint density at radius 2 is 1.79 bits per heavy atom. The average molecular weight is 522 g/mol. The molecule has 0 aliphatic heterocycles. The molecule has 9 heteroatoms. The molecule has 0 radical (unpaired) electrons. The molecule has 0 fully saturated rings. The van der Waals surface area contributed by atoms with Gasteiger partial charge in [0.15, 0.2) is 11.0 Å². The minimum absolute atomic E-state index is 0.140. The van der Waals surface area contributed by atoms with Crippen molar-refractivity contribution in [2.45, 2.75) is 5.16 Å². The van der Waals surface area contributed by atoms with Gasteiger partial charge < -0.3 is 4.74 Å². The fourth-order valence-electron chi connectivity index (χ4n) is 2.99. The molecule has 0 saturated heterocycles. The Hall–Kier alpha value is -3.43. The first-order valence-corrected chi connectivity index (χ1v) is 11.8. The Morgan fingerprint density at radius 3 is 2.48 bits per heavy atom. The molecule has 33 heavy (non-hydrogen) atoms. The van der Waals surface area contributed by atoms with Gasteiger partial charge in [0.1, 0.15) is 5.75 Å². The lowest BCUT2D eigenvalue weighted by atomic mass is 10.2. The van der Waals surface area contributed by atoms with Gasteiger partial charge in [0.25, 0.3) is 5.91 Å². The summed E-state index contributed by atoms with van der Waals surface area (Å²) in [5.41, 5.74) is 5.24. The van der Waals surface area contributed by atoms with Crippen molar-refractivity contribution in [1.29, 1.82) is 0 Å². The van der Waals surface area contributed by atoms with Crippen molar-refractivity contribution >= 4 is 39.8 Å². The van der Waals surface area contributed by atoms with Gasteiger partial charge in [-0.25, -0.2) is 5.43 Å². The highest BCUT2D eigenvalue weighted by molar-refractivity contribution is 9.10. The van der Waals surface area contributed by atoms with E-state index in [1.165, 1.54) is 11.8 Å². The van der Waals surface area contributed by atoms with Crippen molar-refractivity contribution in [2.24, 2.45) is 5.10 Å². The van der Waals surface area contributed by atoms with Crippen LogP contribution in [0.25, 0.3) is 17.1 Å². The molecule has 0 atom stereocenters. The average Bonchev–Trinajstić information content (AvgIpc) is 3.28. The SMILES string of the molecule is COc1ccc(-n2c(SCC(=O)N/N=C/c3ccc(Br)cc3)nnc2-c2ccccc2)cc1. The summed E-state index contributed by atoms with van der Waals surface area (Å²) in [6, 6.07) is 25.0. The van der Waals surface area contributed by atoms with Gasteiger partial charge in [-0.2, -0.15) is 5.10 Å². The molecule has 1 aromatic heterocycles. The van der Waals surface area contributed by atoms with Crippen LogP contribution in [-0.4, -0.2) is 39.7 Å². The molecule has 0 saturated carbocycles. The third kappa shape index (κ3) is 5.88. The summed E-state index contributed by atoms with van der Waals surface area (Å²) in [6.07, 6.45) is 1.60. The number of methoxy groups -OCH3 is 1. The van der Waals surface area contributed by atoms with Gasteiger partial charge in [0.2, 0.25) is 0 Å². The van der Waals surface area contributed by atoms with E-state index in [0.717, 1.165) is 27.0 Å². The predicted molar refractivity (Wildman–Crippen MR) is 134 cm³/mol. The van der Waals surface area contributed by atoms with E-state index in [1.807, 2.05) is 83.4 Å². The topological polar surface area (TPSA) is 81.4 Å². The number of nitrogens with zero attached hydrogens (tertiary/aromatic N) is 4. The van der Waals surface area contributed by atoms with Crippen molar-refractivity contribution < 1.29 is 9.53 Å². The summed E-state index contributed by atoms with van der Waals surface area (Å²) in [6.45, 7) is 0. The second-order valence-electron chi connectivity index (χ2n) is 6.84. The van der Waals surface area contributed by atoms with E-state index < -0.39 is 0 Å². The second kappa shape index (κ2) is 10.9. The number of hydrogen-bond donors (Lipinski definition) is 1. The third-order valence-corrected chi connectivity index (χ3v) is 6.06. The molecular weight excluding hydrogens is 502 g/mol. The van der Waals surface area contributed by atoms with Crippen LogP contribution in [0, 0.1) is 0 Å². The van der Waals surface area contributed by atoms with Crippen molar-refractivity contribution in [3.05, 3.63) is 88.9 Å².